The molecule has 2 heterocycles. The van der Waals surface area contributed by atoms with Crippen LogP contribution in [-0.2, 0) is 11.2 Å². The first kappa shape index (κ1) is 21.6. The van der Waals surface area contributed by atoms with Gasteiger partial charge in [-0.25, -0.2) is 4.79 Å². The summed E-state index contributed by atoms with van der Waals surface area (Å²) in [7, 11) is 0. The topological polar surface area (TPSA) is 53.5 Å². The normalized spacial score (nSPS) is 32.5. The van der Waals surface area contributed by atoms with Gasteiger partial charge in [0, 0.05) is 38.4 Å². The van der Waals surface area contributed by atoms with E-state index in [1.807, 2.05) is 29.4 Å². The van der Waals surface area contributed by atoms with E-state index >= 15 is 0 Å². The van der Waals surface area contributed by atoms with Crippen LogP contribution >= 0.6 is 12.4 Å². The van der Waals surface area contributed by atoms with Crippen LogP contribution in [0.5, 0.6) is 0 Å². The Kier molecular flexibility index (Phi) is 6.38. The first-order chi connectivity index (χ1) is 14.1. The Balaban J connectivity index is 0.00000218. The molecule has 30 heavy (non-hydrogen) atoms. The van der Waals surface area contributed by atoms with Gasteiger partial charge in [0.1, 0.15) is 0 Å². The number of hydrogen-bond acceptors (Lipinski definition) is 3. The van der Waals surface area contributed by atoms with E-state index < -0.39 is 0 Å². The summed E-state index contributed by atoms with van der Waals surface area (Å²) in [5.41, 5.74) is 1.66. The summed E-state index contributed by atoms with van der Waals surface area (Å²) < 4.78 is 0. The van der Waals surface area contributed by atoms with Gasteiger partial charge in [0.25, 0.3) is 0 Å². The second-order valence-electron chi connectivity index (χ2n) is 10.2. The van der Waals surface area contributed by atoms with Crippen molar-refractivity contribution in [3.8, 4) is 0 Å². The second kappa shape index (κ2) is 8.86. The van der Waals surface area contributed by atoms with Crippen molar-refractivity contribution in [1.29, 1.82) is 0 Å². The van der Waals surface area contributed by atoms with E-state index in [1.54, 1.807) is 4.90 Å². The minimum atomic E-state index is -0.0549. The molecule has 4 bridgehead atoms. The lowest BCUT2D eigenvalue weighted by Crippen LogP contribution is -2.54. The molecule has 1 aliphatic heterocycles. The predicted molar refractivity (Wildman–Crippen MR) is 118 cm³/mol. The molecule has 0 N–H and O–H groups in total. The molecule has 5 nitrogen and oxygen atoms in total. The lowest BCUT2D eigenvalue weighted by atomic mass is 9.49. The van der Waals surface area contributed by atoms with Crippen molar-refractivity contribution in [3.63, 3.8) is 0 Å². The molecule has 5 aliphatic rings. The Morgan fingerprint density at radius 2 is 1.60 bits per heavy atom. The number of imide groups is 1. The zero-order valence-corrected chi connectivity index (χ0v) is 18.6. The van der Waals surface area contributed by atoms with Crippen molar-refractivity contribution in [2.24, 2.45) is 23.2 Å². The Bertz CT molecular complexity index is 734. The molecular formula is C24H34ClN3O2. The lowest BCUT2D eigenvalue weighted by Gasteiger charge is -2.57. The van der Waals surface area contributed by atoms with E-state index in [2.05, 4.69) is 4.98 Å². The van der Waals surface area contributed by atoms with Crippen molar-refractivity contribution in [2.75, 3.05) is 19.6 Å². The quantitative estimate of drug-likeness (QED) is 0.628. The summed E-state index contributed by atoms with van der Waals surface area (Å²) in [6.07, 6.45) is 15.3. The highest BCUT2D eigenvalue weighted by Gasteiger charge is 2.50. The largest absolute Gasteiger partial charge is 0.326 e. The third kappa shape index (κ3) is 4.37. The summed E-state index contributed by atoms with van der Waals surface area (Å²) in [5.74, 6) is 2.78. The molecule has 1 aromatic rings. The lowest BCUT2D eigenvalue weighted by molar-refractivity contribution is -0.132. The summed E-state index contributed by atoms with van der Waals surface area (Å²) >= 11 is 0. The second-order valence-corrected chi connectivity index (χ2v) is 10.2. The Morgan fingerprint density at radius 1 is 0.967 bits per heavy atom. The molecule has 1 aromatic heterocycles. The number of pyridine rings is 1. The molecule has 4 aliphatic carbocycles. The van der Waals surface area contributed by atoms with Gasteiger partial charge in [-0.2, -0.15) is 0 Å². The third-order valence-corrected chi connectivity index (χ3v) is 8.07. The molecule has 4 saturated carbocycles. The fraction of sp³-hybridized carbons (Fsp3) is 0.708. The van der Waals surface area contributed by atoms with E-state index in [9.17, 15) is 9.59 Å². The summed E-state index contributed by atoms with van der Waals surface area (Å²) in [6.45, 7) is 1.93. The zero-order chi connectivity index (χ0) is 19.8. The van der Waals surface area contributed by atoms with Gasteiger partial charge in [0.2, 0.25) is 5.91 Å². The van der Waals surface area contributed by atoms with E-state index in [4.69, 9.17) is 0 Å². The molecule has 164 valence electrons. The minimum absolute atomic E-state index is 0. The van der Waals surface area contributed by atoms with E-state index in [1.165, 1.54) is 44.1 Å². The van der Waals surface area contributed by atoms with Gasteiger partial charge < -0.3 is 4.90 Å². The maximum absolute atomic E-state index is 13.0. The highest BCUT2D eigenvalue weighted by atomic mass is 35.5. The van der Waals surface area contributed by atoms with Crippen molar-refractivity contribution in [2.45, 2.75) is 64.2 Å². The third-order valence-electron chi connectivity index (χ3n) is 8.07. The van der Waals surface area contributed by atoms with Crippen molar-refractivity contribution in [3.05, 3.63) is 30.1 Å². The fourth-order valence-electron chi connectivity index (χ4n) is 7.14. The van der Waals surface area contributed by atoms with Crippen LogP contribution in [-0.4, -0.2) is 46.4 Å². The molecule has 0 aromatic carbocycles. The van der Waals surface area contributed by atoms with Gasteiger partial charge >= 0.3 is 6.03 Å². The number of aromatic nitrogens is 1. The maximum atomic E-state index is 13.0. The van der Waals surface area contributed by atoms with Crippen LogP contribution < -0.4 is 0 Å². The van der Waals surface area contributed by atoms with Crippen LogP contribution in [0.25, 0.3) is 0 Å². The molecule has 3 amide bonds. The van der Waals surface area contributed by atoms with Gasteiger partial charge in [0.15, 0.2) is 0 Å². The summed E-state index contributed by atoms with van der Waals surface area (Å²) in [4.78, 5) is 33.1. The number of carbonyl (C=O) groups is 2. The van der Waals surface area contributed by atoms with Gasteiger partial charge in [0.05, 0.1) is 0 Å². The molecule has 5 fully saturated rings. The number of rotatable bonds is 7. The van der Waals surface area contributed by atoms with E-state index in [-0.39, 0.29) is 24.3 Å². The van der Waals surface area contributed by atoms with Crippen LogP contribution in [0.15, 0.2) is 24.5 Å². The average Bonchev–Trinajstić information content (AvgIpc) is 2.69. The van der Waals surface area contributed by atoms with Crippen LogP contribution in [0, 0.1) is 23.2 Å². The molecular weight excluding hydrogens is 398 g/mol. The SMILES string of the molecule is Cl.O=C1CCN(CCCc2ccncc2)C(=O)N1CCC12CC3CC(CC(C3)C1)C2. The van der Waals surface area contributed by atoms with Crippen LogP contribution in [0.1, 0.15) is 63.4 Å². The van der Waals surface area contributed by atoms with Crippen molar-refractivity contribution >= 4 is 24.3 Å². The fourth-order valence-corrected chi connectivity index (χ4v) is 7.14. The van der Waals surface area contributed by atoms with E-state index in [0.29, 0.717) is 24.9 Å². The van der Waals surface area contributed by atoms with Crippen molar-refractivity contribution in [1.82, 2.24) is 14.8 Å². The molecule has 0 radical (unpaired) electrons. The van der Waals surface area contributed by atoms with Gasteiger partial charge in [-0.15, -0.1) is 12.4 Å². The van der Waals surface area contributed by atoms with Gasteiger partial charge in [-0.3, -0.25) is 14.7 Å². The Morgan fingerprint density at radius 3 is 2.23 bits per heavy atom. The highest BCUT2D eigenvalue weighted by Crippen LogP contribution is 2.61. The first-order valence-corrected chi connectivity index (χ1v) is 11.6. The monoisotopic (exact) mass is 431 g/mol. The molecule has 6 heteroatoms. The molecule has 6 rings (SSSR count). The molecule has 1 saturated heterocycles. The smallest absolute Gasteiger partial charge is 0.324 e. The number of aryl methyl sites for hydroxylation is 1. The number of hydrogen-bond donors (Lipinski definition) is 0. The van der Waals surface area contributed by atoms with Crippen LogP contribution in [0.4, 0.5) is 4.79 Å². The number of nitrogens with zero attached hydrogens (tertiary/aromatic N) is 3. The van der Waals surface area contributed by atoms with Gasteiger partial charge in [-0.05, 0) is 98.7 Å². The standard InChI is InChI=1S/C24H33N3O2.ClH/c28-22-5-10-26(9-1-2-18-3-7-25-8-4-18)23(29)27(22)11-6-24-15-19-12-20(16-24)14-21(13-19)17-24;/h3-4,7-8,19-21H,1-2,5-6,9-17H2;1H. The Hall–Kier alpha value is -1.62. The van der Waals surface area contributed by atoms with Crippen LogP contribution in [0.3, 0.4) is 0 Å². The molecule has 0 unspecified atom stereocenters. The van der Waals surface area contributed by atoms with Crippen molar-refractivity contribution < 1.29 is 9.59 Å². The highest BCUT2D eigenvalue weighted by molar-refractivity contribution is 5.96. The Labute approximate surface area is 186 Å². The summed E-state index contributed by atoms with van der Waals surface area (Å²) in [5, 5.41) is 0. The predicted octanol–water partition coefficient (Wildman–Crippen LogP) is 4.70. The number of urea groups is 1. The minimum Gasteiger partial charge on any atom is -0.324 e. The molecule has 0 spiro atoms. The number of halogens is 1. The average molecular weight is 432 g/mol. The zero-order valence-electron chi connectivity index (χ0n) is 17.8. The number of amides is 3. The van der Waals surface area contributed by atoms with Gasteiger partial charge in [-0.1, -0.05) is 0 Å². The van der Waals surface area contributed by atoms with Crippen LogP contribution in [0.2, 0.25) is 0 Å². The summed E-state index contributed by atoms with van der Waals surface area (Å²) in [6, 6.07) is 4.00. The molecule has 0 atom stereocenters. The maximum Gasteiger partial charge on any atom is 0.326 e. The first-order valence-electron chi connectivity index (χ1n) is 11.6. The van der Waals surface area contributed by atoms with E-state index in [0.717, 1.165) is 43.6 Å². The number of carbonyl (C=O) groups excluding carboxylic acids is 2.